The van der Waals surface area contributed by atoms with Crippen LogP contribution < -0.4 is 4.74 Å². The lowest BCUT2D eigenvalue weighted by atomic mass is 10.2. The number of carbonyl (C=O) groups is 1. The van der Waals surface area contributed by atoms with E-state index in [0.717, 1.165) is 17.3 Å². The van der Waals surface area contributed by atoms with Crippen LogP contribution in [-0.2, 0) is 9.53 Å². The highest BCUT2D eigenvalue weighted by atomic mass is 35.5. The van der Waals surface area contributed by atoms with Crippen LogP contribution in [-0.4, -0.2) is 34.4 Å². The molecule has 4 rings (SSSR count). The molecule has 0 aliphatic carbocycles. The van der Waals surface area contributed by atoms with Crippen molar-refractivity contribution >= 4 is 35.0 Å². The topological polar surface area (TPSA) is 74.2 Å². The summed E-state index contributed by atoms with van der Waals surface area (Å²) in [4.78, 5) is 15.6. The maximum Gasteiger partial charge on any atom is 0.330 e. The van der Waals surface area contributed by atoms with E-state index in [1.807, 2.05) is 36.4 Å². The van der Waals surface area contributed by atoms with Gasteiger partial charge in [0.05, 0.1) is 24.4 Å². The second kappa shape index (κ2) is 12.2. The molecular formula is C26H21ClFN3O3S. The number of carbonyl (C=O) groups excluding carboxylic acids is 1. The molecule has 0 atom stereocenters. The Labute approximate surface area is 211 Å². The normalized spacial score (nSPS) is 11.0. The molecule has 0 saturated heterocycles. The second-order valence-electron chi connectivity index (χ2n) is 7.42. The summed E-state index contributed by atoms with van der Waals surface area (Å²) in [5, 5.41) is 9.97. The summed E-state index contributed by atoms with van der Waals surface area (Å²) in [5.74, 6) is -0.249. The van der Waals surface area contributed by atoms with E-state index in [0.29, 0.717) is 52.4 Å². The molecule has 2 aromatic carbocycles. The molecule has 0 radical (unpaired) electrons. The quantitative estimate of drug-likeness (QED) is 0.138. The molecule has 35 heavy (non-hydrogen) atoms. The highest BCUT2D eigenvalue weighted by Crippen LogP contribution is 2.34. The van der Waals surface area contributed by atoms with Gasteiger partial charge in [0.25, 0.3) is 0 Å². The Kier molecular flexibility index (Phi) is 8.53. The van der Waals surface area contributed by atoms with Crippen molar-refractivity contribution in [2.75, 3.05) is 13.2 Å². The van der Waals surface area contributed by atoms with Gasteiger partial charge in [-0.05, 0) is 48.7 Å². The Hall–Kier alpha value is -3.62. The molecule has 0 unspecified atom stereocenters. The molecule has 0 N–H and O–H groups in total. The van der Waals surface area contributed by atoms with Gasteiger partial charge in [-0.1, -0.05) is 53.3 Å². The molecule has 4 aromatic rings. The van der Waals surface area contributed by atoms with Crippen molar-refractivity contribution in [2.24, 2.45) is 0 Å². The van der Waals surface area contributed by atoms with Gasteiger partial charge in [0.2, 0.25) is 0 Å². The van der Waals surface area contributed by atoms with Crippen LogP contribution in [0.5, 0.6) is 5.75 Å². The number of hydrogen-bond acceptors (Lipinski definition) is 7. The Morgan fingerprint density at radius 1 is 0.971 bits per heavy atom. The van der Waals surface area contributed by atoms with E-state index in [2.05, 4.69) is 15.2 Å². The van der Waals surface area contributed by atoms with Gasteiger partial charge in [0.15, 0.2) is 0 Å². The van der Waals surface area contributed by atoms with Gasteiger partial charge >= 0.3 is 5.97 Å². The minimum Gasteiger partial charge on any atom is -0.492 e. The standard InChI is InChI=1S/C26H21ClFN3O3S/c27-22-15-19(25-30-31-26(35-25)20-14-21(28)17-29-16-20)9-10-23(22)33-12-4-5-13-34-24(32)11-8-18-6-2-1-3-7-18/h1-3,6-11,14-17H,4-5,12-13H2. The van der Waals surface area contributed by atoms with E-state index >= 15 is 0 Å². The second-order valence-corrected chi connectivity index (χ2v) is 8.80. The zero-order valence-electron chi connectivity index (χ0n) is 18.6. The lowest BCUT2D eigenvalue weighted by Gasteiger charge is -2.09. The number of ether oxygens (including phenoxy) is 2. The molecule has 6 nitrogen and oxygen atoms in total. The van der Waals surface area contributed by atoms with Gasteiger partial charge in [0.1, 0.15) is 21.6 Å². The summed E-state index contributed by atoms with van der Waals surface area (Å²) in [7, 11) is 0. The molecule has 0 spiro atoms. The molecule has 0 bridgehead atoms. The number of aromatic nitrogens is 3. The van der Waals surface area contributed by atoms with Crippen LogP contribution in [0, 0.1) is 5.82 Å². The first-order valence-corrected chi connectivity index (χ1v) is 12.0. The predicted molar refractivity (Wildman–Crippen MR) is 135 cm³/mol. The van der Waals surface area contributed by atoms with Crippen LogP contribution in [0.25, 0.3) is 27.2 Å². The van der Waals surface area contributed by atoms with E-state index in [1.54, 1.807) is 24.4 Å². The first-order chi connectivity index (χ1) is 17.1. The third-order valence-electron chi connectivity index (χ3n) is 4.81. The van der Waals surface area contributed by atoms with E-state index < -0.39 is 5.82 Å². The largest absolute Gasteiger partial charge is 0.492 e. The van der Waals surface area contributed by atoms with Crippen LogP contribution >= 0.6 is 22.9 Å². The fourth-order valence-electron chi connectivity index (χ4n) is 3.07. The maximum atomic E-state index is 13.4. The minimum absolute atomic E-state index is 0.314. The van der Waals surface area contributed by atoms with Crippen molar-refractivity contribution in [3.05, 3.63) is 89.5 Å². The van der Waals surface area contributed by atoms with Gasteiger partial charge < -0.3 is 9.47 Å². The zero-order chi connectivity index (χ0) is 24.5. The SMILES string of the molecule is O=C(C=Cc1ccccc1)OCCCCOc1ccc(-c2nnc(-c3cncc(F)c3)s2)cc1Cl. The first-order valence-electron chi connectivity index (χ1n) is 10.9. The van der Waals surface area contributed by atoms with Gasteiger partial charge in [-0.25, -0.2) is 9.18 Å². The smallest absolute Gasteiger partial charge is 0.330 e. The number of hydrogen-bond donors (Lipinski definition) is 0. The van der Waals surface area contributed by atoms with Crippen molar-refractivity contribution in [1.29, 1.82) is 0 Å². The fourth-order valence-corrected chi connectivity index (χ4v) is 4.13. The maximum absolute atomic E-state index is 13.4. The number of benzene rings is 2. The molecule has 0 aliphatic heterocycles. The van der Waals surface area contributed by atoms with Crippen molar-refractivity contribution in [1.82, 2.24) is 15.2 Å². The summed E-state index contributed by atoms with van der Waals surface area (Å²) < 4.78 is 24.4. The molecule has 9 heteroatoms. The molecule has 0 saturated carbocycles. The lowest BCUT2D eigenvalue weighted by Crippen LogP contribution is -2.05. The molecule has 2 aromatic heterocycles. The van der Waals surface area contributed by atoms with Gasteiger partial charge in [-0.15, -0.1) is 10.2 Å². The summed E-state index contributed by atoms with van der Waals surface area (Å²) in [6, 6.07) is 16.3. The minimum atomic E-state index is -0.429. The van der Waals surface area contributed by atoms with Crippen LogP contribution in [0.1, 0.15) is 18.4 Å². The summed E-state index contributed by atoms with van der Waals surface area (Å²) >= 11 is 7.70. The molecule has 178 valence electrons. The Morgan fingerprint density at radius 2 is 1.74 bits per heavy atom. The third-order valence-corrected chi connectivity index (χ3v) is 6.12. The van der Waals surface area contributed by atoms with Crippen molar-refractivity contribution < 1.29 is 18.7 Å². The van der Waals surface area contributed by atoms with E-state index in [1.165, 1.54) is 23.5 Å². The van der Waals surface area contributed by atoms with Crippen molar-refractivity contribution in [3.8, 4) is 26.9 Å². The van der Waals surface area contributed by atoms with Crippen LogP contribution in [0.3, 0.4) is 0 Å². The Bertz CT molecular complexity index is 1310. The van der Waals surface area contributed by atoms with Crippen molar-refractivity contribution in [3.63, 3.8) is 0 Å². The molecule has 0 aliphatic rings. The number of pyridine rings is 1. The summed E-state index contributed by atoms with van der Waals surface area (Å²) in [6.07, 6.45) is 7.19. The predicted octanol–water partition coefficient (Wildman–Crippen LogP) is 6.48. The monoisotopic (exact) mass is 509 g/mol. The Morgan fingerprint density at radius 3 is 2.51 bits per heavy atom. The highest BCUT2D eigenvalue weighted by Gasteiger charge is 2.12. The summed E-state index contributed by atoms with van der Waals surface area (Å²) in [6.45, 7) is 0.750. The number of rotatable bonds is 10. The van der Waals surface area contributed by atoms with Crippen LogP contribution in [0.2, 0.25) is 5.02 Å². The average molecular weight is 510 g/mol. The highest BCUT2D eigenvalue weighted by molar-refractivity contribution is 7.17. The number of esters is 1. The van der Waals surface area contributed by atoms with E-state index in [-0.39, 0.29) is 5.97 Å². The average Bonchev–Trinajstić information content (AvgIpc) is 3.37. The number of unbranched alkanes of at least 4 members (excludes halogenated alkanes) is 1. The summed E-state index contributed by atoms with van der Waals surface area (Å²) in [5.41, 5.74) is 2.29. The van der Waals surface area contributed by atoms with Crippen LogP contribution in [0.15, 0.2) is 73.1 Å². The van der Waals surface area contributed by atoms with Crippen molar-refractivity contribution in [2.45, 2.75) is 12.8 Å². The van der Waals surface area contributed by atoms with Gasteiger partial charge in [-0.3, -0.25) is 4.98 Å². The van der Waals surface area contributed by atoms with E-state index in [9.17, 15) is 9.18 Å². The zero-order valence-corrected chi connectivity index (χ0v) is 20.1. The molecule has 0 amide bonds. The first kappa shape index (κ1) is 24.5. The lowest BCUT2D eigenvalue weighted by molar-refractivity contribution is -0.137. The molecular weight excluding hydrogens is 489 g/mol. The number of halogens is 2. The van der Waals surface area contributed by atoms with E-state index in [4.69, 9.17) is 21.1 Å². The number of nitrogens with zero attached hydrogens (tertiary/aromatic N) is 3. The molecule has 0 fully saturated rings. The van der Waals surface area contributed by atoms with Gasteiger partial charge in [0, 0.05) is 23.4 Å². The van der Waals surface area contributed by atoms with Crippen LogP contribution in [0.4, 0.5) is 4.39 Å². The molecule has 2 heterocycles. The van der Waals surface area contributed by atoms with Gasteiger partial charge in [-0.2, -0.15) is 0 Å². The fraction of sp³-hybridized carbons (Fsp3) is 0.154. The Balaban J connectivity index is 1.21. The third kappa shape index (κ3) is 7.18.